The Morgan fingerprint density at radius 2 is 1.71 bits per heavy atom. The predicted molar refractivity (Wildman–Crippen MR) is 51.0 cm³/mol. The minimum absolute atomic E-state index is 0.236. The number of halogens is 3. The van der Waals surface area contributed by atoms with Gasteiger partial charge in [0.15, 0.2) is 17.5 Å². The zero-order valence-electron chi connectivity index (χ0n) is 8.18. The molecule has 0 unspecified atom stereocenters. The van der Waals surface area contributed by atoms with Crippen LogP contribution in [0, 0.1) is 17.5 Å². The Bertz CT molecular complexity index is 555. The first kappa shape index (κ1) is 11.2. The van der Waals surface area contributed by atoms with Crippen LogP contribution in [0.5, 0.6) is 0 Å². The second-order valence-corrected chi connectivity index (χ2v) is 3.23. The fourth-order valence-corrected chi connectivity index (χ4v) is 1.29. The third-order valence-electron chi connectivity index (χ3n) is 2.08. The Hall–Kier alpha value is -2.31. The van der Waals surface area contributed by atoms with E-state index in [1.54, 1.807) is 0 Å². The maximum absolute atomic E-state index is 13.2. The Balaban J connectivity index is 2.43. The van der Waals surface area contributed by atoms with Crippen LogP contribution in [-0.4, -0.2) is 11.9 Å². The lowest BCUT2D eigenvalue weighted by Gasteiger charge is -2.00. The highest BCUT2D eigenvalue weighted by Gasteiger charge is 2.23. The molecule has 1 aliphatic heterocycles. The van der Waals surface area contributed by atoms with Gasteiger partial charge in [-0.15, -0.1) is 0 Å². The Labute approximate surface area is 93.1 Å². The molecule has 0 saturated carbocycles. The molecule has 0 aromatic heterocycles. The van der Waals surface area contributed by atoms with Crippen LogP contribution in [0.3, 0.4) is 0 Å². The van der Waals surface area contributed by atoms with Crippen molar-refractivity contribution < 1.29 is 22.8 Å². The van der Waals surface area contributed by atoms with Crippen LogP contribution in [-0.2, 0) is 4.79 Å². The lowest BCUT2D eigenvalue weighted by Crippen LogP contribution is -2.22. The molecule has 88 valence electrons. The minimum atomic E-state index is -1.64. The first-order valence-electron chi connectivity index (χ1n) is 4.46. The number of hydrogen-bond donors (Lipinski definition) is 2. The van der Waals surface area contributed by atoms with E-state index in [1.807, 2.05) is 5.32 Å². The van der Waals surface area contributed by atoms with Crippen molar-refractivity contribution in [2.75, 3.05) is 0 Å². The summed E-state index contributed by atoms with van der Waals surface area (Å²) >= 11 is 0. The van der Waals surface area contributed by atoms with Crippen molar-refractivity contribution in [2.45, 2.75) is 0 Å². The lowest BCUT2D eigenvalue weighted by molar-refractivity contribution is -0.115. The number of nitrogens with one attached hydrogen (secondary N) is 2. The molecule has 0 radical (unpaired) electrons. The molecule has 2 N–H and O–H groups in total. The number of rotatable bonds is 1. The highest BCUT2D eigenvalue weighted by Crippen LogP contribution is 2.18. The highest BCUT2D eigenvalue weighted by molar-refractivity contribution is 6.13. The summed E-state index contributed by atoms with van der Waals surface area (Å²) in [5, 5.41) is 3.98. The number of amides is 3. The molecule has 1 aromatic rings. The molecule has 2 rings (SSSR count). The van der Waals surface area contributed by atoms with Gasteiger partial charge < -0.3 is 5.32 Å². The largest absolute Gasteiger partial charge is 0.326 e. The summed E-state index contributed by atoms with van der Waals surface area (Å²) in [6.45, 7) is 0. The average Bonchev–Trinajstić information content (AvgIpc) is 2.58. The van der Waals surface area contributed by atoms with Crippen LogP contribution >= 0.6 is 0 Å². The van der Waals surface area contributed by atoms with Gasteiger partial charge in [-0.3, -0.25) is 10.1 Å². The van der Waals surface area contributed by atoms with Crippen LogP contribution in [0.1, 0.15) is 5.56 Å². The van der Waals surface area contributed by atoms with Crippen molar-refractivity contribution in [3.05, 3.63) is 40.8 Å². The third kappa shape index (κ3) is 1.99. The average molecular weight is 242 g/mol. The second-order valence-electron chi connectivity index (χ2n) is 3.23. The first-order valence-corrected chi connectivity index (χ1v) is 4.46. The van der Waals surface area contributed by atoms with E-state index >= 15 is 0 Å². The van der Waals surface area contributed by atoms with Crippen molar-refractivity contribution in [1.29, 1.82) is 0 Å². The van der Waals surface area contributed by atoms with Crippen LogP contribution in [0.4, 0.5) is 18.0 Å². The van der Waals surface area contributed by atoms with Crippen molar-refractivity contribution >= 4 is 18.0 Å². The first-order chi connectivity index (χ1) is 7.99. The van der Waals surface area contributed by atoms with E-state index < -0.39 is 29.4 Å². The molecule has 4 nitrogen and oxygen atoms in total. The van der Waals surface area contributed by atoms with Gasteiger partial charge in [0.05, 0.1) is 0 Å². The van der Waals surface area contributed by atoms with E-state index in [0.717, 1.165) is 18.2 Å². The number of urea groups is 1. The van der Waals surface area contributed by atoms with Gasteiger partial charge in [-0.05, 0) is 18.2 Å². The van der Waals surface area contributed by atoms with Crippen LogP contribution in [0.2, 0.25) is 0 Å². The molecule has 1 fully saturated rings. The van der Waals surface area contributed by atoms with E-state index in [-0.39, 0.29) is 11.3 Å². The van der Waals surface area contributed by atoms with Crippen molar-refractivity contribution in [2.24, 2.45) is 0 Å². The summed E-state index contributed by atoms with van der Waals surface area (Å²) in [6, 6.07) is 0.919. The fourth-order valence-electron chi connectivity index (χ4n) is 1.29. The topological polar surface area (TPSA) is 58.2 Å². The molecular formula is C10H5F3N2O2. The summed E-state index contributed by atoms with van der Waals surface area (Å²) in [5.41, 5.74) is -0.573. The Morgan fingerprint density at radius 1 is 1.00 bits per heavy atom. The van der Waals surface area contributed by atoms with Gasteiger partial charge in [-0.2, -0.15) is 0 Å². The summed E-state index contributed by atoms with van der Waals surface area (Å²) in [5.74, 6) is -5.15. The number of imide groups is 1. The van der Waals surface area contributed by atoms with Crippen molar-refractivity contribution in [1.82, 2.24) is 10.6 Å². The van der Waals surface area contributed by atoms with Crippen molar-refractivity contribution in [3.8, 4) is 0 Å². The molecule has 0 atom stereocenters. The number of benzene rings is 1. The van der Waals surface area contributed by atoms with Gasteiger partial charge in [0.2, 0.25) is 0 Å². The van der Waals surface area contributed by atoms with Crippen LogP contribution in [0.25, 0.3) is 6.08 Å². The summed E-state index contributed by atoms with van der Waals surface area (Å²) < 4.78 is 38.7. The fraction of sp³-hybridized carbons (Fsp3) is 0. The zero-order chi connectivity index (χ0) is 12.6. The molecule has 0 aliphatic carbocycles. The molecule has 1 aromatic carbocycles. The molecule has 1 aliphatic rings. The van der Waals surface area contributed by atoms with Crippen LogP contribution in [0.15, 0.2) is 17.8 Å². The summed E-state index contributed by atoms with van der Waals surface area (Å²) in [7, 11) is 0. The SMILES string of the molecule is O=C1NC(=O)C(=Cc2ccc(F)c(F)c2F)N1. The zero-order valence-corrected chi connectivity index (χ0v) is 8.18. The molecule has 17 heavy (non-hydrogen) atoms. The highest BCUT2D eigenvalue weighted by atomic mass is 19.2. The second kappa shape index (κ2) is 3.93. The molecule has 3 amide bonds. The van der Waals surface area contributed by atoms with Gasteiger partial charge >= 0.3 is 6.03 Å². The van der Waals surface area contributed by atoms with Gasteiger partial charge in [0, 0.05) is 5.56 Å². The molecule has 1 saturated heterocycles. The van der Waals surface area contributed by atoms with Gasteiger partial charge in [0.25, 0.3) is 5.91 Å². The number of carbonyl (C=O) groups excluding carboxylic acids is 2. The number of hydrogen-bond acceptors (Lipinski definition) is 2. The van der Waals surface area contributed by atoms with E-state index in [0.29, 0.717) is 0 Å². The van der Waals surface area contributed by atoms with E-state index in [4.69, 9.17) is 0 Å². The minimum Gasteiger partial charge on any atom is -0.303 e. The van der Waals surface area contributed by atoms with Crippen LogP contribution < -0.4 is 10.6 Å². The van der Waals surface area contributed by atoms with Gasteiger partial charge in [0.1, 0.15) is 5.70 Å². The Kier molecular flexibility index (Phi) is 2.58. The summed E-state index contributed by atoms with van der Waals surface area (Å²) in [6.07, 6.45) is 0.915. The molecule has 0 bridgehead atoms. The standard InChI is InChI=1S/C10H5F3N2O2/c11-5-2-1-4(7(12)8(5)13)3-6-9(16)15-10(17)14-6/h1-3H,(H2,14,15,16,17). The molecule has 7 heteroatoms. The Morgan fingerprint density at radius 3 is 2.29 bits per heavy atom. The van der Waals surface area contributed by atoms with E-state index in [2.05, 4.69) is 5.32 Å². The number of carbonyl (C=O) groups is 2. The monoisotopic (exact) mass is 242 g/mol. The normalized spacial score (nSPS) is 17.2. The van der Waals surface area contributed by atoms with Crippen molar-refractivity contribution in [3.63, 3.8) is 0 Å². The molecule has 0 spiro atoms. The molecule has 1 heterocycles. The third-order valence-corrected chi connectivity index (χ3v) is 2.08. The van der Waals surface area contributed by atoms with E-state index in [9.17, 15) is 22.8 Å². The predicted octanol–water partition coefficient (Wildman–Crippen LogP) is 1.28. The quantitative estimate of drug-likeness (QED) is 0.443. The molecular weight excluding hydrogens is 237 g/mol. The van der Waals surface area contributed by atoms with E-state index in [1.165, 1.54) is 0 Å². The lowest BCUT2D eigenvalue weighted by atomic mass is 10.1. The maximum atomic E-state index is 13.2. The maximum Gasteiger partial charge on any atom is 0.326 e. The summed E-state index contributed by atoms with van der Waals surface area (Å²) in [4.78, 5) is 21.8. The van der Waals surface area contributed by atoms with Gasteiger partial charge in [-0.1, -0.05) is 0 Å². The smallest absolute Gasteiger partial charge is 0.303 e. The van der Waals surface area contributed by atoms with Gasteiger partial charge in [-0.25, -0.2) is 18.0 Å².